The predicted molar refractivity (Wildman–Crippen MR) is 41.2 cm³/mol. The number of ether oxygens (including phenoxy) is 2. The molecule has 1 aliphatic heterocycles. The Morgan fingerprint density at radius 2 is 1.91 bits per heavy atom. The number of hydrogen-bond donors (Lipinski definition) is 1. The molecule has 3 heteroatoms. The maximum absolute atomic E-state index is 9.25. The first kappa shape index (κ1) is 8.97. The van der Waals surface area contributed by atoms with Crippen LogP contribution in [0.15, 0.2) is 0 Å². The Hall–Kier alpha value is -0.120. The van der Waals surface area contributed by atoms with Gasteiger partial charge in [0.15, 0.2) is 5.79 Å². The largest absolute Gasteiger partial charge is 0.391 e. The third kappa shape index (κ3) is 1.92. The van der Waals surface area contributed by atoms with Gasteiger partial charge in [0, 0.05) is 0 Å². The van der Waals surface area contributed by atoms with E-state index in [-0.39, 0.29) is 12.2 Å². The van der Waals surface area contributed by atoms with Crippen LogP contribution in [0, 0.1) is 0 Å². The zero-order valence-electron chi connectivity index (χ0n) is 7.50. The Labute approximate surface area is 67.3 Å². The van der Waals surface area contributed by atoms with Gasteiger partial charge in [0.05, 0.1) is 12.2 Å². The molecular weight excluding hydrogens is 144 g/mol. The molecule has 66 valence electrons. The third-order valence-corrected chi connectivity index (χ3v) is 1.83. The van der Waals surface area contributed by atoms with Gasteiger partial charge in [0.2, 0.25) is 0 Å². The fraction of sp³-hybridized carbons (Fsp3) is 1.00. The summed E-state index contributed by atoms with van der Waals surface area (Å²) in [6.07, 6.45) is -0.679. The summed E-state index contributed by atoms with van der Waals surface area (Å²) < 4.78 is 10.9. The average molecular weight is 160 g/mol. The van der Waals surface area contributed by atoms with Gasteiger partial charge >= 0.3 is 0 Å². The van der Waals surface area contributed by atoms with Crippen molar-refractivity contribution in [1.82, 2.24) is 0 Å². The van der Waals surface area contributed by atoms with Gasteiger partial charge in [0.1, 0.15) is 6.10 Å². The van der Waals surface area contributed by atoms with Crippen LogP contribution in [0.1, 0.15) is 27.7 Å². The molecule has 0 bridgehead atoms. The molecule has 1 aliphatic rings. The Morgan fingerprint density at radius 3 is 2.09 bits per heavy atom. The van der Waals surface area contributed by atoms with Crippen molar-refractivity contribution in [2.75, 3.05) is 0 Å². The fourth-order valence-corrected chi connectivity index (χ4v) is 1.46. The normalized spacial score (nSPS) is 39.0. The highest BCUT2D eigenvalue weighted by Crippen LogP contribution is 2.29. The molecule has 0 aromatic rings. The van der Waals surface area contributed by atoms with E-state index in [1.54, 1.807) is 6.92 Å². The second-order valence-electron chi connectivity index (χ2n) is 3.55. The van der Waals surface area contributed by atoms with Crippen LogP contribution in [0.5, 0.6) is 0 Å². The molecule has 0 radical (unpaired) electrons. The Balaban J connectivity index is 2.59. The highest BCUT2D eigenvalue weighted by molar-refractivity contribution is 4.81. The van der Waals surface area contributed by atoms with Gasteiger partial charge in [-0.2, -0.15) is 0 Å². The van der Waals surface area contributed by atoms with Crippen LogP contribution in [-0.4, -0.2) is 29.2 Å². The number of aliphatic hydroxyl groups excluding tert-OH is 1. The van der Waals surface area contributed by atoms with Gasteiger partial charge in [-0.05, 0) is 27.7 Å². The topological polar surface area (TPSA) is 38.7 Å². The first-order chi connectivity index (χ1) is 4.92. The van der Waals surface area contributed by atoms with E-state index in [0.29, 0.717) is 0 Å². The summed E-state index contributed by atoms with van der Waals surface area (Å²) in [6, 6.07) is 0. The minimum Gasteiger partial charge on any atom is -0.391 e. The van der Waals surface area contributed by atoms with Crippen LogP contribution in [-0.2, 0) is 9.47 Å². The van der Waals surface area contributed by atoms with Crippen molar-refractivity contribution in [3.8, 4) is 0 Å². The van der Waals surface area contributed by atoms with Gasteiger partial charge in [-0.3, -0.25) is 0 Å². The third-order valence-electron chi connectivity index (χ3n) is 1.83. The highest BCUT2D eigenvalue weighted by Gasteiger charge is 2.40. The SMILES string of the molecule is CC(O)[C@@H]1OC(C)(C)O[C@H]1C. The van der Waals surface area contributed by atoms with Crippen LogP contribution >= 0.6 is 0 Å². The molecule has 1 rings (SSSR count). The smallest absolute Gasteiger partial charge is 0.163 e. The predicted octanol–water partition coefficient (Wildman–Crippen LogP) is 0.907. The van der Waals surface area contributed by atoms with E-state index in [4.69, 9.17) is 9.47 Å². The van der Waals surface area contributed by atoms with Crippen molar-refractivity contribution in [2.45, 2.75) is 51.8 Å². The van der Waals surface area contributed by atoms with E-state index < -0.39 is 11.9 Å². The molecule has 0 saturated carbocycles. The maximum atomic E-state index is 9.25. The van der Waals surface area contributed by atoms with Crippen molar-refractivity contribution in [3.63, 3.8) is 0 Å². The zero-order valence-corrected chi connectivity index (χ0v) is 7.50. The summed E-state index contributed by atoms with van der Waals surface area (Å²) in [5, 5.41) is 9.25. The molecule has 11 heavy (non-hydrogen) atoms. The minimum atomic E-state index is -0.541. The summed E-state index contributed by atoms with van der Waals surface area (Å²) >= 11 is 0. The fourth-order valence-electron chi connectivity index (χ4n) is 1.46. The molecule has 0 aromatic carbocycles. The maximum Gasteiger partial charge on any atom is 0.163 e. The second-order valence-corrected chi connectivity index (χ2v) is 3.55. The number of aliphatic hydroxyl groups is 1. The molecule has 3 nitrogen and oxygen atoms in total. The summed E-state index contributed by atoms with van der Waals surface area (Å²) in [5.74, 6) is -0.541. The standard InChI is InChI=1S/C8H16O3/c1-5(9)7-6(2)10-8(3,4)11-7/h5-7,9H,1-4H3/t5?,6-,7-/m0/s1. The quantitative estimate of drug-likeness (QED) is 0.619. The molecule has 1 saturated heterocycles. The number of hydrogen-bond acceptors (Lipinski definition) is 3. The van der Waals surface area contributed by atoms with Gasteiger partial charge in [0.25, 0.3) is 0 Å². The Kier molecular flexibility index (Phi) is 2.23. The van der Waals surface area contributed by atoms with Crippen molar-refractivity contribution >= 4 is 0 Å². The molecule has 1 fully saturated rings. The monoisotopic (exact) mass is 160 g/mol. The average Bonchev–Trinajstić information content (AvgIpc) is 2.05. The van der Waals surface area contributed by atoms with Gasteiger partial charge in [-0.1, -0.05) is 0 Å². The molecule has 1 heterocycles. The zero-order chi connectivity index (χ0) is 8.65. The van der Waals surface area contributed by atoms with Crippen LogP contribution < -0.4 is 0 Å². The summed E-state index contributed by atoms with van der Waals surface area (Å²) in [6.45, 7) is 7.33. The highest BCUT2D eigenvalue weighted by atomic mass is 16.8. The van der Waals surface area contributed by atoms with E-state index in [0.717, 1.165) is 0 Å². The van der Waals surface area contributed by atoms with E-state index in [2.05, 4.69) is 0 Å². The molecule has 0 amide bonds. The van der Waals surface area contributed by atoms with Gasteiger partial charge in [-0.25, -0.2) is 0 Å². The Morgan fingerprint density at radius 1 is 1.36 bits per heavy atom. The minimum absolute atomic E-state index is 0.0231. The van der Waals surface area contributed by atoms with E-state index >= 15 is 0 Å². The van der Waals surface area contributed by atoms with Crippen molar-refractivity contribution < 1.29 is 14.6 Å². The lowest BCUT2D eigenvalue weighted by Gasteiger charge is -2.18. The first-order valence-corrected chi connectivity index (χ1v) is 3.96. The molecule has 0 spiro atoms. The molecule has 0 aromatic heterocycles. The number of rotatable bonds is 1. The van der Waals surface area contributed by atoms with Crippen LogP contribution in [0.2, 0.25) is 0 Å². The first-order valence-electron chi connectivity index (χ1n) is 3.96. The van der Waals surface area contributed by atoms with Crippen LogP contribution in [0.25, 0.3) is 0 Å². The van der Waals surface area contributed by atoms with Crippen molar-refractivity contribution in [1.29, 1.82) is 0 Å². The second kappa shape index (κ2) is 2.73. The van der Waals surface area contributed by atoms with Gasteiger partial charge in [-0.15, -0.1) is 0 Å². The van der Waals surface area contributed by atoms with Gasteiger partial charge < -0.3 is 14.6 Å². The molecule has 3 atom stereocenters. The molecule has 1 unspecified atom stereocenters. The van der Waals surface area contributed by atoms with Crippen molar-refractivity contribution in [3.05, 3.63) is 0 Å². The lowest BCUT2D eigenvalue weighted by Crippen LogP contribution is -2.31. The summed E-state index contributed by atoms with van der Waals surface area (Å²) in [7, 11) is 0. The summed E-state index contributed by atoms with van der Waals surface area (Å²) in [5.41, 5.74) is 0. The molecule has 0 aliphatic carbocycles. The molecular formula is C8H16O3. The lowest BCUT2D eigenvalue weighted by atomic mass is 10.1. The van der Waals surface area contributed by atoms with Crippen molar-refractivity contribution in [2.24, 2.45) is 0 Å². The van der Waals surface area contributed by atoms with E-state index in [9.17, 15) is 5.11 Å². The lowest BCUT2D eigenvalue weighted by molar-refractivity contribution is -0.153. The molecule has 1 N–H and O–H groups in total. The van der Waals surface area contributed by atoms with E-state index in [1.807, 2.05) is 20.8 Å². The summed E-state index contributed by atoms with van der Waals surface area (Å²) in [4.78, 5) is 0. The Bertz CT molecular complexity index is 142. The van der Waals surface area contributed by atoms with E-state index in [1.165, 1.54) is 0 Å². The van der Waals surface area contributed by atoms with Crippen LogP contribution in [0.4, 0.5) is 0 Å². The van der Waals surface area contributed by atoms with Crippen LogP contribution in [0.3, 0.4) is 0 Å².